The molecule has 5 aromatic rings. The van der Waals surface area contributed by atoms with E-state index in [0.29, 0.717) is 18.8 Å². The van der Waals surface area contributed by atoms with Crippen LogP contribution in [0.25, 0.3) is 0 Å². The lowest BCUT2D eigenvalue weighted by Gasteiger charge is -2.37. The standard InChI is InChI=1S/C49H60N3O4P/c1-35(52-47(49(5,6)7)45(53)33-44(36-17-13-11-14-18-36)37-19-15-12-16-20-37)51-46(48(2,3)4)34-50-57(41-27-21-38(54-8)22-28-41,42-29-23-39(55-9)24-30-42)43-31-25-40(56-10)26-32-43/h11-32,44,46-47,51-52H,1,33-34H2,2-10H3/t46-,47-/m1/s1. The fraction of sp³-hybridized carbons (Fsp3) is 0.327. The van der Waals surface area contributed by atoms with Gasteiger partial charge in [-0.3, -0.25) is 9.54 Å². The summed E-state index contributed by atoms with van der Waals surface area (Å²) in [6.45, 7) is 17.8. The Labute approximate surface area is 340 Å². The van der Waals surface area contributed by atoms with Crippen molar-refractivity contribution in [2.75, 3.05) is 27.9 Å². The number of hydrogen-bond donors (Lipinski definition) is 2. The van der Waals surface area contributed by atoms with Gasteiger partial charge in [-0.1, -0.05) is 109 Å². The monoisotopic (exact) mass is 785 g/mol. The van der Waals surface area contributed by atoms with Crippen LogP contribution < -0.4 is 40.8 Å². The third-order valence-corrected chi connectivity index (χ3v) is 14.2. The van der Waals surface area contributed by atoms with E-state index in [-0.39, 0.29) is 28.6 Å². The van der Waals surface area contributed by atoms with Crippen LogP contribution >= 0.6 is 7.05 Å². The van der Waals surface area contributed by atoms with Crippen LogP contribution in [0.5, 0.6) is 17.2 Å². The number of ketones is 1. The Morgan fingerprint density at radius 2 is 0.982 bits per heavy atom. The molecule has 0 heterocycles. The van der Waals surface area contributed by atoms with Crippen molar-refractivity contribution in [3.8, 4) is 17.2 Å². The minimum Gasteiger partial charge on any atom is -0.497 e. The van der Waals surface area contributed by atoms with Gasteiger partial charge < -0.3 is 24.8 Å². The fourth-order valence-corrected chi connectivity index (χ4v) is 10.7. The number of hydrogen-bond acceptors (Lipinski definition) is 7. The van der Waals surface area contributed by atoms with E-state index in [9.17, 15) is 4.79 Å². The average molecular weight is 786 g/mol. The molecule has 0 bridgehead atoms. The molecule has 57 heavy (non-hydrogen) atoms. The number of rotatable bonds is 17. The van der Waals surface area contributed by atoms with Gasteiger partial charge in [-0.25, -0.2) is 0 Å². The minimum atomic E-state index is -2.64. The highest BCUT2D eigenvalue weighted by Gasteiger charge is 2.35. The topological polar surface area (TPSA) is 81.2 Å². The first-order valence-corrected chi connectivity index (χ1v) is 21.3. The van der Waals surface area contributed by atoms with Crippen LogP contribution in [-0.2, 0) is 4.79 Å². The second-order valence-electron chi connectivity index (χ2n) is 16.6. The summed E-state index contributed by atoms with van der Waals surface area (Å²) in [6, 6.07) is 44.7. The fourth-order valence-electron chi connectivity index (χ4n) is 7.15. The zero-order chi connectivity index (χ0) is 41.2. The van der Waals surface area contributed by atoms with E-state index in [0.717, 1.165) is 44.3 Å². The van der Waals surface area contributed by atoms with E-state index in [1.165, 1.54) is 0 Å². The van der Waals surface area contributed by atoms with E-state index in [1.54, 1.807) is 21.3 Å². The molecule has 5 aromatic carbocycles. The highest BCUT2D eigenvalue weighted by atomic mass is 31.2. The second-order valence-corrected chi connectivity index (χ2v) is 19.7. The highest BCUT2D eigenvalue weighted by molar-refractivity contribution is 7.87. The Hall–Kier alpha value is -5.26. The molecule has 0 aliphatic heterocycles. The molecule has 0 unspecified atom stereocenters. The molecule has 0 radical (unpaired) electrons. The van der Waals surface area contributed by atoms with Crippen LogP contribution in [0.4, 0.5) is 0 Å². The maximum Gasteiger partial charge on any atom is 0.156 e. The van der Waals surface area contributed by atoms with Gasteiger partial charge in [0.2, 0.25) is 0 Å². The molecule has 300 valence electrons. The van der Waals surface area contributed by atoms with Crippen molar-refractivity contribution in [2.45, 2.75) is 66.0 Å². The summed E-state index contributed by atoms with van der Waals surface area (Å²) >= 11 is 0. The lowest BCUT2D eigenvalue weighted by atomic mass is 9.79. The molecule has 2 N–H and O–H groups in total. The SMILES string of the molecule is C=C(N[C@H](C(=O)CC(c1ccccc1)c1ccccc1)C(C)(C)C)N[C@H](CN=P(c1ccc(OC)cc1)(c1ccc(OC)cc1)c1ccc(OC)cc1)C(C)(C)C. The lowest BCUT2D eigenvalue weighted by molar-refractivity contribution is -0.123. The quantitative estimate of drug-likeness (QED) is 0.0915. The van der Waals surface area contributed by atoms with E-state index >= 15 is 0 Å². The highest BCUT2D eigenvalue weighted by Crippen LogP contribution is 2.48. The number of methoxy groups -OCH3 is 3. The third kappa shape index (κ3) is 10.6. The lowest BCUT2D eigenvalue weighted by Crippen LogP contribution is -2.52. The maximum atomic E-state index is 14.5. The van der Waals surface area contributed by atoms with E-state index in [1.807, 2.05) is 72.8 Å². The van der Waals surface area contributed by atoms with Gasteiger partial charge in [0.05, 0.1) is 52.8 Å². The van der Waals surface area contributed by atoms with Gasteiger partial charge in [0.25, 0.3) is 0 Å². The van der Waals surface area contributed by atoms with Gasteiger partial charge in [0, 0.05) is 28.3 Å². The van der Waals surface area contributed by atoms with Gasteiger partial charge in [0.1, 0.15) is 17.2 Å². The predicted octanol–water partition coefficient (Wildman–Crippen LogP) is 9.46. The van der Waals surface area contributed by atoms with Crippen LogP contribution in [0.15, 0.2) is 151 Å². The Kier molecular flexibility index (Phi) is 14.1. The number of nitrogens with one attached hydrogen (secondary N) is 2. The smallest absolute Gasteiger partial charge is 0.156 e. The Morgan fingerprint density at radius 3 is 1.32 bits per heavy atom. The molecular weight excluding hydrogens is 726 g/mol. The largest absolute Gasteiger partial charge is 0.497 e. The van der Waals surface area contributed by atoms with Crippen LogP contribution in [0.1, 0.15) is 65.0 Å². The molecule has 0 saturated heterocycles. The molecule has 0 aromatic heterocycles. The first-order valence-electron chi connectivity index (χ1n) is 19.6. The van der Waals surface area contributed by atoms with Crippen molar-refractivity contribution in [3.63, 3.8) is 0 Å². The molecule has 0 aliphatic rings. The van der Waals surface area contributed by atoms with Crippen LogP contribution in [-0.4, -0.2) is 45.7 Å². The van der Waals surface area contributed by atoms with Crippen molar-refractivity contribution < 1.29 is 19.0 Å². The van der Waals surface area contributed by atoms with Gasteiger partial charge in [0.15, 0.2) is 5.78 Å². The zero-order valence-electron chi connectivity index (χ0n) is 35.1. The summed E-state index contributed by atoms with van der Waals surface area (Å²) in [5.41, 5.74) is 1.61. The summed E-state index contributed by atoms with van der Waals surface area (Å²) < 4.78 is 22.5. The molecule has 0 amide bonds. The molecule has 7 nitrogen and oxygen atoms in total. The van der Waals surface area contributed by atoms with Crippen LogP contribution in [0.2, 0.25) is 0 Å². The normalized spacial score (nSPS) is 12.9. The van der Waals surface area contributed by atoms with Crippen LogP contribution in [0.3, 0.4) is 0 Å². The van der Waals surface area contributed by atoms with Crippen molar-refractivity contribution in [3.05, 3.63) is 157 Å². The zero-order valence-corrected chi connectivity index (χ0v) is 36.0. The molecular formula is C49H60N3O4P. The third-order valence-electron chi connectivity index (χ3n) is 10.5. The number of carbonyl (C=O) groups is 1. The summed E-state index contributed by atoms with van der Waals surface area (Å²) in [5.74, 6) is 2.99. The molecule has 0 saturated carbocycles. The molecule has 0 fully saturated rings. The maximum absolute atomic E-state index is 14.5. The number of nitrogens with zero attached hydrogens (tertiary/aromatic N) is 1. The summed E-state index contributed by atoms with van der Waals surface area (Å²) in [4.78, 5) is 14.5. The first kappa shape index (κ1) is 42.9. The van der Waals surface area contributed by atoms with Crippen molar-refractivity contribution in [1.29, 1.82) is 0 Å². The second kappa shape index (κ2) is 18.8. The molecule has 2 atom stereocenters. The first-order chi connectivity index (χ1) is 27.2. The molecule has 5 rings (SSSR count). The van der Waals surface area contributed by atoms with Crippen molar-refractivity contribution >= 4 is 28.8 Å². The van der Waals surface area contributed by atoms with E-state index in [4.69, 9.17) is 19.0 Å². The molecule has 0 spiro atoms. The average Bonchev–Trinajstić information content (AvgIpc) is 3.22. The summed E-state index contributed by atoms with van der Waals surface area (Å²) in [5, 5.41) is 10.6. The van der Waals surface area contributed by atoms with Crippen LogP contribution in [0, 0.1) is 10.8 Å². The Bertz CT molecular complexity index is 1940. The van der Waals surface area contributed by atoms with Gasteiger partial charge in [-0.05, 0) is 94.8 Å². The van der Waals surface area contributed by atoms with E-state index in [2.05, 4.69) is 119 Å². The van der Waals surface area contributed by atoms with Crippen molar-refractivity contribution in [2.24, 2.45) is 15.6 Å². The van der Waals surface area contributed by atoms with Crippen molar-refractivity contribution in [1.82, 2.24) is 10.6 Å². The van der Waals surface area contributed by atoms with Gasteiger partial charge in [-0.15, -0.1) is 0 Å². The number of ether oxygens (including phenoxy) is 3. The summed E-state index contributed by atoms with van der Waals surface area (Å²) in [7, 11) is 2.39. The Balaban J connectivity index is 1.52. The summed E-state index contributed by atoms with van der Waals surface area (Å²) in [6.07, 6.45) is 0.354. The number of benzene rings is 5. The molecule has 8 heteroatoms. The number of carbonyl (C=O) groups excluding carboxylic acids is 1. The molecule has 0 aliphatic carbocycles. The van der Waals surface area contributed by atoms with Gasteiger partial charge in [-0.2, -0.15) is 0 Å². The minimum absolute atomic E-state index is 0.0696. The predicted molar refractivity (Wildman–Crippen MR) is 238 cm³/mol. The number of Topliss-reactive ketones (excluding diaryl/α,β-unsaturated/α-hetero) is 1. The Morgan fingerprint density at radius 1 is 0.596 bits per heavy atom. The van der Waals surface area contributed by atoms with Gasteiger partial charge >= 0.3 is 0 Å². The van der Waals surface area contributed by atoms with E-state index < -0.39 is 13.1 Å².